The molecule has 0 bridgehead atoms. The molecule has 0 saturated heterocycles. The van der Waals surface area contributed by atoms with Gasteiger partial charge in [0.2, 0.25) is 5.13 Å². The first kappa shape index (κ1) is 14.7. The Kier molecular flexibility index (Phi) is 6.22. The number of aliphatic hydroxyl groups excluding tert-OH is 1. The molecule has 0 aliphatic carbocycles. The fourth-order valence-corrected chi connectivity index (χ4v) is 2.66. The van der Waals surface area contributed by atoms with Crippen LogP contribution in [0.15, 0.2) is 0 Å². The Balaban J connectivity index is 2.21. The number of nitrogens with one attached hydrogen (secondary N) is 1. The first-order valence-electron chi connectivity index (χ1n) is 5.80. The molecule has 0 radical (unpaired) electrons. The second-order valence-electron chi connectivity index (χ2n) is 4.79. The van der Waals surface area contributed by atoms with Gasteiger partial charge in [-0.05, 0) is 12.2 Å². The van der Waals surface area contributed by atoms with Crippen molar-refractivity contribution in [3.8, 4) is 0 Å². The van der Waals surface area contributed by atoms with Gasteiger partial charge in [-0.3, -0.25) is 0 Å². The molecule has 0 unspecified atom stereocenters. The van der Waals surface area contributed by atoms with E-state index in [0.29, 0.717) is 0 Å². The monoisotopic (exact) mass is 275 g/mol. The Morgan fingerprint density at radius 3 is 2.71 bits per heavy atom. The van der Waals surface area contributed by atoms with Crippen LogP contribution in [0.5, 0.6) is 0 Å². The highest BCUT2D eigenvalue weighted by molar-refractivity contribution is 7.99. The Bertz CT molecular complexity index is 323. The first-order chi connectivity index (χ1) is 8.04. The molecule has 0 aliphatic rings. The lowest BCUT2D eigenvalue weighted by atomic mass is 9.96. The van der Waals surface area contributed by atoms with Gasteiger partial charge in [0, 0.05) is 35.9 Å². The summed E-state index contributed by atoms with van der Waals surface area (Å²) in [4.78, 5) is 4.46. The van der Waals surface area contributed by atoms with Crippen LogP contribution in [0.25, 0.3) is 0 Å². The molecule has 2 N–H and O–H groups in total. The van der Waals surface area contributed by atoms with Crippen molar-refractivity contribution in [1.29, 1.82) is 0 Å². The molecule has 0 amide bonds. The Hall–Kier alpha value is -0.330. The normalized spacial score (nSPS) is 11.8. The lowest BCUT2D eigenvalue weighted by molar-refractivity contribution is 0.296. The lowest BCUT2D eigenvalue weighted by Gasteiger charge is -2.12. The van der Waals surface area contributed by atoms with E-state index in [0.717, 1.165) is 35.4 Å². The molecule has 0 aromatic carbocycles. The van der Waals surface area contributed by atoms with Gasteiger partial charge in [0.1, 0.15) is 5.82 Å². The van der Waals surface area contributed by atoms with Crippen molar-refractivity contribution in [3.63, 3.8) is 0 Å². The minimum Gasteiger partial charge on any atom is -0.396 e. The van der Waals surface area contributed by atoms with Gasteiger partial charge in [-0.2, -0.15) is 16.1 Å². The summed E-state index contributed by atoms with van der Waals surface area (Å²) in [6.07, 6.45) is 0.873. The molecule has 1 aromatic heterocycles. The van der Waals surface area contributed by atoms with E-state index in [4.69, 9.17) is 5.11 Å². The summed E-state index contributed by atoms with van der Waals surface area (Å²) in [7, 11) is 0. The number of aromatic nitrogens is 2. The van der Waals surface area contributed by atoms with E-state index in [1.807, 2.05) is 11.8 Å². The van der Waals surface area contributed by atoms with Gasteiger partial charge in [0.05, 0.1) is 0 Å². The van der Waals surface area contributed by atoms with Crippen molar-refractivity contribution in [3.05, 3.63) is 5.82 Å². The lowest BCUT2D eigenvalue weighted by Crippen LogP contribution is -2.13. The number of anilines is 1. The van der Waals surface area contributed by atoms with Crippen LogP contribution in [-0.4, -0.2) is 39.1 Å². The van der Waals surface area contributed by atoms with Crippen molar-refractivity contribution >= 4 is 28.4 Å². The average molecular weight is 275 g/mol. The molecule has 0 saturated carbocycles. The Morgan fingerprint density at radius 1 is 1.35 bits per heavy atom. The van der Waals surface area contributed by atoms with E-state index in [1.165, 1.54) is 11.5 Å². The van der Waals surface area contributed by atoms with Gasteiger partial charge in [-0.1, -0.05) is 20.8 Å². The molecule has 1 rings (SSSR count). The molecular weight excluding hydrogens is 254 g/mol. The second-order valence-corrected chi connectivity index (χ2v) is 6.77. The molecule has 0 aliphatic heterocycles. The first-order valence-corrected chi connectivity index (χ1v) is 7.73. The van der Waals surface area contributed by atoms with Gasteiger partial charge in [-0.15, -0.1) is 0 Å². The number of rotatable bonds is 7. The van der Waals surface area contributed by atoms with Crippen LogP contribution >= 0.6 is 23.3 Å². The fraction of sp³-hybridized carbons (Fsp3) is 0.818. The number of aliphatic hydroxyl groups is 1. The highest BCUT2D eigenvalue weighted by Crippen LogP contribution is 2.22. The molecule has 0 atom stereocenters. The molecule has 1 aromatic rings. The van der Waals surface area contributed by atoms with Gasteiger partial charge < -0.3 is 10.4 Å². The molecule has 17 heavy (non-hydrogen) atoms. The van der Waals surface area contributed by atoms with Gasteiger partial charge in [0.25, 0.3) is 0 Å². The maximum absolute atomic E-state index is 8.63. The SMILES string of the molecule is CC(C)(C)c1nsc(NCCSCCCO)n1. The average Bonchev–Trinajstić information content (AvgIpc) is 2.71. The van der Waals surface area contributed by atoms with Crippen molar-refractivity contribution in [2.24, 2.45) is 0 Å². The fourth-order valence-electron chi connectivity index (χ4n) is 1.10. The van der Waals surface area contributed by atoms with Gasteiger partial charge >= 0.3 is 0 Å². The summed E-state index contributed by atoms with van der Waals surface area (Å²) in [6.45, 7) is 7.53. The summed E-state index contributed by atoms with van der Waals surface area (Å²) in [5, 5.41) is 12.8. The number of hydrogen-bond acceptors (Lipinski definition) is 6. The molecule has 0 spiro atoms. The molecular formula is C11H21N3OS2. The molecule has 98 valence electrons. The van der Waals surface area contributed by atoms with E-state index in [-0.39, 0.29) is 12.0 Å². The number of hydrogen-bond donors (Lipinski definition) is 2. The largest absolute Gasteiger partial charge is 0.396 e. The summed E-state index contributed by atoms with van der Waals surface area (Å²) < 4.78 is 4.34. The van der Waals surface area contributed by atoms with E-state index in [9.17, 15) is 0 Å². The van der Waals surface area contributed by atoms with Crippen LogP contribution in [0.2, 0.25) is 0 Å². The highest BCUT2D eigenvalue weighted by Gasteiger charge is 2.19. The van der Waals surface area contributed by atoms with Crippen molar-refractivity contribution in [2.75, 3.05) is 30.0 Å². The second kappa shape index (κ2) is 7.18. The van der Waals surface area contributed by atoms with Gasteiger partial charge in [0.15, 0.2) is 0 Å². The molecule has 0 fully saturated rings. The zero-order valence-corrected chi connectivity index (χ0v) is 12.3. The van der Waals surface area contributed by atoms with Crippen molar-refractivity contribution in [2.45, 2.75) is 32.6 Å². The summed E-state index contributed by atoms with van der Waals surface area (Å²) in [6, 6.07) is 0. The number of thioether (sulfide) groups is 1. The minimum atomic E-state index is 0.0201. The maximum atomic E-state index is 8.63. The summed E-state index contributed by atoms with van der Waals surface area (Å²) in [5.41, 5.74) is 0.0201. The van der Waals surface area contributed by atoms with Crippen LogP contribution in [-0.2, 0) is 5.41 Å². The quantitative estimate of drug-likeness (QED) is 0.748. The van der Waals surface area contributed by atoms with E-state index in [1.54, 1.807) is 0 Å². The van der Waals surface area contributed by atoms with Crippen molar-refractivity contribution < 1.29 is 5.11 Å². The third-order valence-corrected chi connectivity index (χ3v) is 3.81. The Labute approximate surface area is 111 Å². The predicted octanol–water partition coefficient (Wildman–Crippen LogP) is 2.36. The standard InChI is InChI=1S/C11H21N3OS2/c1-11(2,3)9-13-10(17-14-9)12-5-8-16-7-4-6-15/h15H,4-8H2,1-3H3,(H,12,13,14). The highest BCUT2D eigenvalue weighted by atomic mass is 32.2. The van der Waals surface area contributed by atoms with Crippen LogP contribution in [0.3, 0.4) is 0 Å². The molecule has 6 heteroatoms. The van der Waals surface area contributed by atoms with E-state index < -0.39 is 0 Å². The van der Waals surface area contributed by atoms with Crippen molar-refractivity contribution in [1.82, 2.24) is 9.36 Å². The zero-order chi connectivity index (χ0) is 12.7. The summed E-state index contributed by atoms with van der Waals surface area (Å²) in [5.74, 6) is 2.95. The van der Waals surface area contributed by atoms with E-state index in [2.05, 4.69) is 35.4 Å². The Morgan fingerprint density at radius 2 is 2.12 bits per heavy atom. The topological polar surface area (TPSA) is 58.0 Å². The third kappa shape index (κ3) is 5.70. The van der Waals surface area contributed by atoms with Gasteiger partial charge in [-0.25, -0.2) is 4.98 Å². The summed E-state index contributed by atoms with van der Waals surface area (Å²) >= 11 is 3.27. The van der Waals surface area contributed by atoms with Crippen LogP contribution in [0, 0.1) is 0 Å². The van der Waals surface area contributed by atoms with E-state index >= 15 is 0 Å². The predicted molar refractivity (Wildman–Crippen MR) is 76.1 cm³/mol. The number of nitrogens with zero attached hydrogens (tertiary/aromatic N) is 2. The van der Waals surface area contributed by atoms with Crippen LogP contribution in [0.4, 0.5) is 5.13 Å². The zero-order valence-electron chi connectivity index (χ0n) is 10.7. The molecule has 4 nitrogen and oxygen atoms in total. The molecule has 1 heterocycles. The minimum absolute atomic E-state index is 0.0201. The third-order valence-electron chi connectivity index (χ3n) is 2.07. The smallest absolute Gasteiger partial charge is 0.202 e. The maximum Gasteiger partial charge on any atom is 0.202 e. The van der Waals surface area contributed by atoms with Crippen LogP contribution < -0.4 is 5.32 Å². The van der Waals surface area contributed by atoms with Crippen LogP contribution in [0.1, 0.15) is 33.0 Å².